The van der Waals surface area contributed by atoms with Crippen LogP contribution in [0.25, 0.3) is 0 Å². The first-order valence-corrected chi connectivity index (χ1v) is 9.47. The van der Waals surface area contributed by atoms with Gasteiger partial charge in [0.15, 0.2) is 23.0 Å². The normalized spacial score (nSPS) is 13.1. The van der Waals surface area contributed by atoms with Gasteiger partial charge in [-0.25, -0.2) is 0 Å². The van der Waals surface area contributed by atoms with E-state index >= 15 is 0 Å². The van der Waals surface area contributed by atoms with E-state index in [9.17, 15) is 0 Å². The van der Waals surface area contributed by atoms with Gasteiger partial charge in [0, 0.05) is 6.07 Å². The number of halogens is 7. The van der Waals surface area contributed by atoms with Crippen LogP contribution in [0.1, 0.15) is 0 Å². The van der Waals surface area contributed by atoms with Gasteiger partial charge in [0.1, 0.15) is 40.1 Å². The fraction of sp³-hybridized carbons (Fsp3) is 0. The van der Waals surface area contributed by atoms with Gasteiger partial charge in [-0.1, -0.05) is 81.2 Å². The van der Waals surface area contributed by atoms with Crippen LogP contribution in [0.4, 0.5) is 0 Å². The predicted molar refractivity (Wildman–Crippen MR) is 109 cm³/mol. The van der Waals surface area contributed by atoms with E-state index in [1.54, 1.807) is 0 Å². The minimum atomic E-state index is 0.0466. The van der Waals surface area contributed by atoms with E-state index in [0.29, 0.717) is 0 Å². The van der Waals surface area contributed by atoms with Crippen molar-refractivity contribution in [1.29, 1.82) is 0 Å². The lowest BCUT2D eigenvalue weighted by Crippen LogP contribution is -2.02. The maximum absolute atomic E-state index is 6.10. The third-order valence-corrected chi connectivity index (χ3v) is 6.12. The second-order valence-electron chi connectivity index (χ2n) is 4.75. The lowest BCUT2D eigenvalue weighted by Gasteiger charge is -2.24. The molecule has 0 saturated carbocycles. The molecule has 0 aliphatic carbocycles. The molecule has 2 aromatic rings. The van der Waals surface area contributed by atoms with E-state index in [1.165, 1.54) is 31.1 Å². The van der Waals surface area contributed by atoms with Crippen LogP contribution in [0.15, 0.2) is 31.1 Å². The molecule has 0 N–H and O–H groups in total. The smallest absolute Gasteiger partial charge is 0.191 e. The van der Waals surface area contributed by atoms with Gasteiger partial charge in [-0.15, -0.1) is 0 Å². The third kappa shape index (κ3) is 4.13. The van der Waals surface area contributed by atoms with Crippen molar-refractivity contribution in [3.8, 4) is 23.0 Å². The summed E-state index contributed by atoms with van der Waals surface area (Å²) >= 11 is 42.1. The zero-order valence-corrected chi connectivity index (χ0v) is 18.0. The van der Waals surface area contributed by atoms with Crippen LogP contribution in [0.3, 0.4) is 0 Å². The van der Waals surface area contributed by atoms with Gasteiger partial charge in [0.25, 0.3) is 0 Å². The predicted octanol–water partition coefficient (Wildman–Crippen LogP) is 9.13. The van der Waals surface area contributed by atoms with E-state index in [0.717, 1.165) is 0 Å². The first-order valence-electron chi connectivity index (χ1n) is 6.83. The molecule has 0 atom stereocenters. The summed E-state index contributed by atoms with van der Waals surface area (Å²) in [6.07, 6.45) is 5.83. The summed E-state index contributed by atoms with van der Waals surface area (Å²) in [6, 6.07) is 1.45. The Bertz CT molecular complexity index is 952. The molecule has 0 saturated heterocycles. The molecule has 142 valence electrons. The molecule has 2 heterocycles. The zero-order valence-electron chi connectivity index (χ0n) is 12.7. The number of rotatable bonds is 0. The lowest BCUT2D eigenvalue weighted by atomic mass is 10.2. The van der Waals surface area contributed by atoms with Crippen LogP contribution in [0.2, 0.25) is 35.2 Å². The minimum absolute atomic E-state index is 0.0466. The van der Waals surface area contributed by atoms with Crippen molar-refractivity contribution < 1.29 is 18.9 Å². The van der Waals surface area contributed by atoms with Crippen LogP contribution in [0, 0.1) is 0 Å². The highest BCUT2D eigenvalue weighted by Crippen LogP contribution is 2.59. The molecule has 4 rings (SSSR count). The Balaban J connectivity index is 0.000000299. The minimum Gasteiger partial charge on any atom is -0.466 e. The molecule has 11 heteroatoms. The summed E-state index contributed by atoms with van der Waals surface area (Å²) in [5.74, 6) is 0.620. The summed E-state index contributed by atoms with van der Waals surface area (Å²) in [6.45, 7) is 0. The van der Waals surface area contributed by atoms with Gasteiger partial charge in [-0.2, -0.15) is 0 Å². The van der Waals surface area contributed by atoms with Crippen LogP contribution in [-0.2, 0) is 9.47 Å². The number of fused-ring (bicyclic) bond motifs is 2. The van der Waals surface area contributed by atoms with Gasteiger partial charge in [0.2, 0.25) is 0 Å². The fourth-order valence-electron chi connectivity index (χ4n) is 1.93. The Hall–Kier alpha value is -0.850. The van der Waals surface area contributed by atoms with Gasteiger partial charge in [-0.05, 0) is 0 Å². The van der Waals surface area contributed by atoms with Crippen molar-refractivity contribution in [1.82, 2.24) is 0 Å². The SMILES string of the molecule is C1=COC=CO1.Clc1cc2c(c(Cl)c1Cl)Oc1c(Cl)c(Cl)c(Cl)c(Cl)c1O2. The second-order valence-corrected chi connectivity index (χ2v) is 7.42. The van der Waals surface area contributed by atoms with Crippen molar-refractivity contribution >= 4 is 81.2 Å². The highest BCUT2D eigenvalue weighted by atomic mass is 35.5. The van der Waals surface area contributed by atoms with E-state index in [2.05, 4.69) is 9.47 Å². The molecule has 0 bridgehead atoms. The molecule has 0 spiro atoms. The molecule has 0 fully saturated rings. The summed E-state index contributed by atoms with van der Waals surface area (Å²) in [4.78, 5) is 0. The van der Waals surface area contributed by atoms with E-state index in [-0.39, 0.29) is 58.2 Å². The van der Waals surface area contributed by atoms with Gasteiger partial charge in [0.05, 0.1) is 20.1 Å². The molecule has 27 heavy (non-hydrogen) atoms. The Kier molecular flexibility index (Phi) is 6.70. The van der Waals surface area contributed by atoms with Crippen molar-refractivity contribution in [3.63, 3.8) is 0 Å². The lowest BCUT2D eigenvalue weighted by molar-refractivity contribution is 0.290. The molecule has 0 unspecified atom stereocenters. The van der Waals surface area contributed by atoms with Crippen LogP contribution in [-0.4, -0.2) is 0 Å². The Morgan fingerprint density at radius 1 is 0.481 bits per heavy atom. The highest BCUT2D eigenvalue weighted by molar-refractivity contribution is 6.53. The van der Waals surface area contributed by atoms with Crippen LogP contribution < -0.4 is 9.47 Å². The van der Waals surface area contributed by atoms with Crippen LogP contribution in [0.5, 0.6) is 23.0 Å². The van der Waals surface area contributed by atoms with E-state index < -0.39 is 0 Å². The maximum Gasteiger partial charge on any atom is 0.191 e. The quantitative estimate of drug-likeness (QED) is 0.224. The number of benzene rings is 2. The van der Waals surface area contributed by atoms with Gasteiger partial charge >= 0.3 is 0 Å². The maximum atomic E-state index is 6.10. The largest absolute Gasteiger partial charge is 0.466 e. The average molecular weight is 509 g/mol. The van der Waals surface area contributed by atoms with Crippen molar-refractivity contribution in [2.24, 2.45) is 0 Å². The number of hydrogen-bond donors (Lipinski definition) is 0. The second kappa shape index (κ2) is 8.66. The molecular formula is C16H5Cl7O4. The number of hydrogen-bond acceptors (Lipinski definition) is 4. The summed E-state index contributed by atoms with van der Waals surface area (Å²) in [5, 5.41) is 0.637. The summed E-state index contributed by atoms with van der Waals surface area (Å²) in [5.41, 5.74) is 0. The molecular weight excluding hydrogens is 504 g/mol. The molecule has 2 aliphatic heterocycles. The summed E-state index contributed by atoms with van der Waals surface area (Å²) < 4.78 is 20.4. The standard InChI is InChI=1S/C12HCl7O2.C4H4O2/c13-2-1-3-10(7(17)4(2)14)21-12-9(19)6(16)5(15)8(18)11(12)20-3;1-2-6-4-3-5-1/h1H;1-4H. The van der Waals surface area contributed by atoms with Crippen molar-refractivity contribution in [2.75, 3.05) is 0 Å². The molecule has 4 nitrogen and oxygen atoms in total. The highest BCUT2D eigenvalue weighted by Gasteiger charge is 2.31. The molecule has 0 amide bonds. The first-order chi connectivity index (χ1) is 12.8. The summed E-state index contributed by atoms with van der Waals surface area (Å²) in [7, 11) is 0. The van der Waals surface area contributed by atoms with Gasteiger partial charge in [-0.3, -0.25) is 0 Å². The Morgan fingerprint density at radius 3 is 1.41 bits per heavy atom. The Labute approximate surface area is 188 Å². The molecule has 0 aromatic heterocycles. The molecule has 2 aliphatic rings. The van der Waals surface area contributed by atoms with Crippen LogP contribution >= 0.6 is 81.2 Å². The van der Waals surface area contributed by atoms with Gasteiger partial charge < -0.3 is 18.9 Å². The van der Waals surface area contributed by atoms with E-state index in [4.69, 9.17) is 90.7 Å². The van der Waals surface area contributed by atoms with Crippen molar-refractivity contribution in [3.05, 3.63) is 66.3 Å². The molecule has 2 aromatic carbocycles. The first kappa shape index (κ1) is 20.9. The number of ether oxygens (including phenoxy) is 4. The third-order valence-electron chi connectivity index (χ3n) is 3.11. The van der Waals surface area contributed by atoms with Crippen molar-refractivity contribution in [2.45, 2.75) is 0 Å². The fourth-order valence-corrected chi connectivity index (χ4v) is 3.44. The average Bonchev–Trinajstić information content (AvgIpc) is 2.70. The van der Waals surface area contributed by atoms with E-state index in [1.807, 2.05) is 0 Å². The molecule has 0 radical (unpaired) electrons. The monoisotopic (exact) mass is 506 g/mol. The zero-order chi connectivity index (χ0) is 19.7. The topological polar surface area (TPSA) is 36.9 Å². The Morgan fingerprint density at radius 2 is 0.926 bits per heavy atom.